The van der Waals surface area contributed by atoms with Crippen molar-refractivity contribution >= 4 is 51.1 Å². The summed E-state index contributed by atoms with van der Waals surface area (Å²) < 4.78 is 6.81. The molecule has 1 atom stereocenters. The van der Waals surface area contributed by atoms with Crippen LogP contribution >= 0.6 is 22.6 Å². The first kappa shape index (κ1) is 24.6. The Bertz CT molecular complexity index is 1180. The van der Waals surface area contributed by atoms with Gasteiger partial charge in [0.15, 0.2) is 0 Å². The van der Waals surface area contributed by atoms with Gasteiger partial charge in [-0.2, -0.15) is 0 Å². The van der Waals surface area contributed by atoms with Gasteiger partial charge in [0.1, 0.15) is 11.9 Å². The standard InChI is InChI=1S/C26H26INO5/c1-26(2,15-6-5-12-23(30)31)24(20-16-18(27)13-14-22(20)29)33-25(32)28-21-11-7-9-17-8-3-4-10-19(17)21/h3-5,7-14,16,24,29H,6,15H2,1-2H3,(H,28,32)(H,30,31)/b12-5+/t24-/m1/s1. The number of phenols is 1. The van der Waals surface area contributed by atoms with Gasteiger partial charge in [-0.1, -0.05) is 56.3 Å². The van der Waals surface area contributed by atoms with Crippen LogP contribution in [0.4, 0.5) is 10.5 Å². The van der Waals surface area contributed by atoms with E-state index in [9.17, 15) is 14.7 Å². The number of carbonyl (C=O) groups is 2. The van der Waals surface area contributed by atoms with E-state index in [0.717, 1.165) is 20.4 Å². The number of nitrogens with one attached hydrogen (secondary N) is 1. The van der Waals surface area contributed by atoms with E-state index in [1.54, 1.807) is 24.3 Å². The van der Waals surface area contributed by atoms with E-state index >= 15 is 0 Å². The summed E-state index contributed by atoms with van der Waals surface area (Å²) in [4.78, 5) is 23.8. The Morgan fingerprint density at radius 2 is 1.85 bits per heavy atom. The first-order chi connectivity index (χ1) is 15.7. The minimum Gasteiger partial charge on any atom is -0.508 e. The number of fused-ring (bicyclic) bond motifs is 1. The fourth-order valence-corrected chi connectivity index (χ4v) is 4.25. The van der Waals surface area contributed by atoms with Gasteiger partial charge >= 0.3 is 12.1 Å². The molecule has 6 nitrogen and oxygen atoms in total. The topological polar surface area (TPSA) is 95.9 Å². The summed E-state index contributed by atoms with van der Waals surface area (Å²) in [5.41, 5.74) is 0.536. The number of ether oxygens (including phenoxy) is 1. The monoisotopic (exact) mass is 559 g/mol. The zero-order valence-corrected chi connectivity index (χ0v) is 20.6. The molecule has 1 amide bonds. The molecule has 0 radical (unpaired) electrons. The van der Waals surface area contributed by atoms with Gasteiger partial charge in [-0.25, -0.2) is 9.59 Å². The largest absolute Gasteiger partial charge is 0.508 e. The molecule has 3 aromatic carbocycles. The summed E-state index contributed by atoms with van der Waals surface area (Å²) in [7, 11) is 0. The maximum atomic E-state index is 13.0. The molecule has 0 aliphatic rings. The molecule has 7 heteroatoms. The highest BCUT2D eigenvalue weighted by atomic mass is 127. The van der Waals surface area contributed by atoms with Gasteiger partial charge in [0.05, 0.1) is 5.69 Å². The number of aromatic hydroxyl groups is 1. The van der Waals surface area contributed by atoms with Crippen molar-refractivity contribution in [3.63, 3.8) is 0 Å². The van der Waals surface area contributed by atoms with Crippen molar-refractivity contribution in [1.82, 2.24) is 0 Å². The molecule has 0 saturated carbocycles. The molecule has 172 valence electrons. The highest BCUT2D eigenvalue weighted by Crippen LogP contribution is 2.44. The third-order valence-electron chi connectivity index (χ3n) is 5.45. The molecule has 3 rings (SSSR count). The molecular weight excluding hydrogens is 533 g/mol. The van der Waals surface area contributed by atoms with Crippen LogP contribution in [0.5, 0.6) is 5.75 Å². The van der Waals surface area contributed by atoms with Crippen LogP contribution in [0.1, 0.15) is 38.4 Å². The van der Waals surface area contributed by atoms with Gasteiger partial charge in [-0.15, -0.1) is 0 Å². The second-order valence-electron chi connectivity index (χ2n) is 8.41. The number of hydrogen-bond acceptors (Lipinski definition) is 4. The Morgan fingerprint density at radius 3 is 2.61 bits per heavy atom. The normalized spacial score (nSPS) is 12.6. The van der Waals surface area contributed by atoms with Crippen molar-refractivity contribution in [2.24, 2.45) is 5.41 Å². The van der Waals surface area contributed by atoms with Gasteiger partial charge in [0.25, 0.3) is 0 Å². The van der Waals surface area contributed by atoms with E-state index in [2.05, 4.69) is 27.9 Å². The summed E-state index contributed by atoms with van der Waals surface area (Å²) in [5, 5.41) is 24.1. The quantitative estimate of drug-likeness (QED) is 0.207. The molecule has 0 spiro atoms. The van der Waals surface area contributed by atoms with Crippen molar-refractivity contribution in [2.45, 2.75) is 32.8 Å². The van der Waals surface area contributed by atoms with E-state index in [1.807, 2.05) is 56.3 Å². The van der Waals surface area contributed by atoms with Crippen LogP contribution in [0.2, 0.25) is 0 Å². The minimum absolute atomic E-state index is 0.0347. The number of phenolic OH excluding ortho intramolecular Hbond substituents is 1. The second-order valence-corrected chi connectivity index (χ2v) is 9.65. The Kier molecular flexibility index (Phi) is 7.97. The van der Waals surface area contributed by atoms with Crippen LogP contribution in [-0.4, -0.2) is 22.3 Å². The molecule has 0 aromatic heterocycles. The highest BCUT2D eigenvalue weighted by Gasteiger charge is 2.35. The molecule has 0 aliphatic carbocycles. The fraction of sp³-hybridized carbons (Fsp3) is 0.231. The van der Waals surface area contributed by atoms with Crippen LogP contribution in [-0.2, 0) is 9.53 Å². The van der Waals surface area contributed by atoms with E-state index in [1.165, 1.54) is 0 Å². The average Bonchev–Trinajstić information content (AvgIpc) is 2.77. The third-order valence-corrected chi connectivity index (χ3v) is 6.12. The molecule has 0 heterocycles. The lowest BCUT2D eigenvalue weighted by Crippen LogP contribution is -2.29. The number of aliphatic carboxylic acids is 1. The second kappa shape index (κ2) is 10.7. The minimum atomic E-state index is -1.01. The summed E-state index contributed by atoms with van der Waals surface area (Å²) in [6.45, 7) is 3.85. The SMILES string of the molecule is CC(C)(CC/C=C/C(=O)O)[C@H](OC(=O)Nc1cccc2ccccc12)c1cc(I)ccc1O. The number of anilines is 1. The summed E-state index contributed by atoms with van der Waals surface area (Å²) >= 11 is 2.14. The van der Waals surface area contributed by atoms with Crippen LogP contribution in [0.15, 0.2) is 72.8 Å². The number of rotatable bonds is 8. The molecule has 0 aliphatic heterocycles. The summed E-state index contributed by atoms with van der Waals surface area (Å²) in [5.74, 6) is -0.974. The summed E-state index contributed by atoms with van der Waals surface area (Å²) in [6, 6.07) is 18.5. The van der Waals surface area contributed by atoms with Crippen LogP contribution < -0.4 is 5.32 Å². The number of carboxylic acids is 1. The number of amides is 1. The number of benzene rings is 3. The lowest BCUT2D eigenvalue weighted by Gasteiger charge is -2.34. The molecule has 0 bridgehead atoms. The zero-order chi connectivity index (χ0) is 24.0. The molecule has 33 heavy (non-hydrogen) atoms. The van der Waals surface area contributed by atoms with Crippen LogP contribution in [0.3, 0.4) is 0 Å². The Labute approximate surface area is 206 Å². The molecular formula is C26H26INO5. The smallest absolute Gasteiger partial charge is 0.412 e. The summed E-state index contributed by atoms with van der Waals surface area (Å²) in [6.07, 6.45) is 2.29. The number of allylic oxidation sites excluding steroid dienone is 1. The molecule has 3 aromatic rings. The van der Waals surface area contributed by atoms with Crippen molar-refractivity contribution in [1.29, 1.82) is 0 Å². The number of halogens is 1. The predicted molar refractivity (Wildman–Crippen MR) is 137 cm³/mol. The van der Waals surface area contributed by atoms with Crippen LogP contribution in [0.25, 0.3) is 10.8 Å². The van der Waals surface area contributed by atoms with E-state index in [4.69, 9.17) is 9.84 Å². The van der Waals surface area contributed by atoms with Crippen molar-refractivity contribution in [2.75, 3.05) is 5.32 Å². The Balaban J connectivity index is 1.88. The Morgan fingerprint density at radius 1 is 1.12 bits per heavy atom. The predicted octanol–water partition coefficient (Wildman–Crippen LogP) is 6.89. The van der Waals surface area contributed by atoms with E-state index < -0.39 is 23.6 Å². The molecule has 0 fully saturated rings. The fourth-order valence-electron chi connectivity index (χ4n) is 3.73. The first-order valence-corrected chi connectivity index (χ1v) is 11.6. The van der Waals surface area contributed by atoms with Gasteiger partial charge in [-0.3, -0.25) is 5.32 Å². The van der Waals surface area contributed by atoms with Crippen molar-refractivity contribution in [3.8, 4) is 5.75 Å². The first-order valence-electron chi connectivity index (χ1n) is 10.5. The van der Waals surface area contributed by atoms with E-state index in [0.29, 0.717) is 24.1 Å². The number of hydrogen-bond donors (Lipinski definition) is 3. The van der Waals surface area contributed by atoms with Gasteiger partial charge in [-0.05, 0) is 65.1 Å². The maximum absolute atomic E-state index is 13.0. The molecule has 3 N–H and O–H groups in total. The number of carbonyl (C=O) groups excluding carboxylic acids is 1. The van der Waals surface area contributed by atoms with Gasteiger partial charge < -0.3 is 14.9 Å². The lowest BCUT2D eigenvalue weighted by atomic mass is 9.78. The number of carboxylic acid groups (broad SMARTS) is 1. The van der Waals surface area contributed by atoms with Gasteiger partial charge in [0, 0.05) is 26.0 Å². The van der Waals surface area contributed by atoms with Gasteiger partial charge in [0.2, 0.25) is 0 Å². The molecule has 0 saturated heterocycles. The lowest BCUT2D eigenvalue weighted by molar-refractivity contribution is -0.131. The van der Waals surface area contributed by atoms with Crippen molar-refractivity contribution < 1.29 is 24.5 Å². The van der Waals surface area contributed by atoms with E-state index in [-0.39, 0.29) is 5.75 Å². The highest BCUT2D eigenvalue weighted by molar-refractivity contribution is 14.1. The molecule has 0 unspecified atom stereocenters. The Hall–Kier alpha value is -3.07. The van der Waals surface area contributed by atoms with Crippen molar-refractivity contribution in [3.05, 3.63) is 81.9 Å². The maximum Gasteiger partial charge on any atom is 0.412 e. The van der Waals surface area contributed by atoms with Crippen LogP contribution in [0, 0.1) is 8.99 Å². The zero-order valence-electron chi connectivity index (χ0n) is 18.4. The third kappa shape index (κ3) is 6.47. The average molecular weight is 559 g/mol.